The molecule has 0 aliphatic rings. The van der Waals surface area contributed by atoms with Crippen LogP contribution in [-0.4, -0.2) is 17.3 Å². The van der Waals surface area contributed by atoms with Crippen LogP contribution < -0.4 is 4.74 Å². The number of benzene rings is 1. The van der Waals surface area contributed by atoms with Crippen molar-refractivity contribution < 1.29 is 4.74 Å². The summed E-state index contributed by atoms with van der Waals surface area (Å²) in [5.74, 6) is 1.80. The van der Waals surface area contributed by atoms with Crippen LogP contribution in [0.25, 0.3) is 0 Å². The summed E-state index contributed by atoms with van der Waals surface area (Å²) < 4.78 is 6.13. The van der Waals surface area contributed by atoms with E-state index in [9.17, 15) is 0 Å². The highest BCUT2D eigenvalue weighted by atomic mass is 32.2. The number of ether oxygens (including phenoxy) is 1. The third-order valence-corrected chi connectivity index (χ3v) is 4.07. The number of aromatic nitrogens is 2. The Morgan fingerprint density at radius 2 is 2.00 bits per heavy atom. The quantitative estimate of drug-likeness (QED) is 0.783. The highest BCUT2D eigenvalue weighted by molar-refractivity contribution is 8.00. The number of hydrogen-bond donors (Lipinski definition) is 0. The summed E-state index contributed by atoms with van der Waals surface area (Å²) in [6, 6.07) is 8.09. The Hall–Kier alpha value is -1.07. The van der Waals surface area contributed by atoms with E-state index in [1.807, 2.05) is 19.1 Å². The van der Waals surface area contributed by atoms with Gasteiger partial charge in [0, 0.05) is 5.75 Å². The van der Waals surface area contributed by atoms with Crippen LogP contribution in [0.1, 0.15) is 10.6 Å². The maximum atomic E-state index is 5.11. The summed E-state index contributed by atoms with van der Waals surface area (Å²) in [7, 11) is 1.67. The van der Waals surface area contributed by atoms with Gasteiger partial charge < -0.3 is 4.74 Å². The largest absolute Gasteiger partial charge is 0.497 e. The molecule has 0 bridgehead atoms. The summed E-state index contributed by atoms with van der Waals surface area (Å²) in [5.41, 5.74) is 1.26. The highest BCUT2D eigenvalue weighted by Gasteiger charge is 2.02. The molecule has 0 aliphatic carbocycles. The van der Waals surface area contributed by atoms with Gasteiger partial charge in [-0.15, -0.1) is 10.2 Å². The highest BCUT2D eigenvalue weighted by Crippen LogP contribution is 2.26. The molecule has 1 aromatic carbocycles. The Bertz CT molecular complexity index is 453. The molecule has 0 fully saturated rings. The molecule has 84 valence electrons. The molecule has 0 atom stereocenters. The predicted molar refractivity (Wildman–Crippen MR) is 67.2 cm³/mol. The van der Waals surface area contributed by atoms with Crippen LogP contribution in [-0.2, 0) is 5.75 Å². The fraction of sp³-hybridized carbons (Fsp3) is 0.273. The minimum atomic E-state index is 0.889. The second-order valence-corrected chi connectivity index (χ2v) is 5.63. The van der Waals surface area contributed by atoms with E-state index in [-0.39, 0.29) is 0 Å². The average molecular weight is 252 g/mol. The van der Waals surface area contributed by atoms with Gasteiger partial charge in [0.2, 0.25) is 0 Å². The number of methoxy groups -OCH3 is 1. The molecule has 5 heteroatoms. The first-order valence-electron chi connectivity index (χ1n) is 4.84. The molecule has 0 amide bonds. The Balaban J connectivity index is 1.94. The zero-order chi connectivity index (χ0) is 11.4. The molecule has 0 aliphatic heterocycles. The van der Waals surface area contributed by atoms with E-state index in [1.54, 1.807) is 30.2 Å². The van der Waals surface area contributed by atoms with E-state index < -0.39 is 0 Å². The van der Waals surface area contributed by atoms with E-state index >= 15 is 0 Å². The average Bonchev–Trinajstić information content (AvgIpc) is 2.73. The second-order valence-electron chi connectivity index (χ2n) is 3.22. The maximum absolute atomic E-state index is 5.11. The van der Waals surface area contributed by atoms with Gasteiger partial charge in [0.25, 0.3) is 0 Å². The van der Waals surface area contributed by atoms with E-state index in [1.165, 1.54) is 5.56 Å². The zero-order valence-corrected chi connectivity index (χ0v) is 10.8. The van der Waals surface area contributed by atoms with Crippen LogP contribution in [0.4, 0.5) is 0 Å². The molecular weight excluding hydrogens is 240 g/mol. The molecule has 1 heterocycles. The van der Waals surface area contributed by atoms with E-state index in [0.29, 0.717) is 0 Å². The SMILES string of the molecule is COc1ccc(CSc2nnc(C)s2)cc1. The van der Waals surface area contributed by atoms with Crippen LogP contribution in [0.3, 0.4) is 0 Å². The standard InChI is InChI=1S/C11H12N2OS2/c1-8-12-13-11(16-8)15-7-9-3-5-10(14-2)6-4-9/h3-6H,7H2,1-2H3. The summed E-state index contributed by atoms with van der Waals surface area (Å²) in [5, 5.41) is 9.07. The Kier molecular flexibility index (Phi) is 3.79. The first-order valence-corrected chi connectivity index (χ1v) is 6.64. The molecule has 16 heavy (non-hydrogen) atoms. The van der Waals surface area contributed by atoms with Gasteiger partial charge in [-0.25, -0.2) is 0 Å². The normalized spacial score (nSPS) is 10.4. The van der Waals surface area contributed by atoms with Crippen LogP contribution in [0.5, 0.6) is 5.75 Å². The number of hydrogen-bond acceptors (Lipinski definition) is 5. The monoisotopic (exact) mass is 252 g/mol. The van der Waals surface area contributed by atoms with Crippen molar-refractivity contribution in [3.05, 3.63) is 34.8 Å². The Morgan fingerprint density at radius 1 is 1.25 bits per heavy atom. The van der Waals surface area contributed by atoms with Crippen molar-refractivity contribution in [2.45, 2.75) is 17.0 Å². The van der Waals surface area contributed by atoms with Crippen molar-refractivity contribution >= 4 is 23.1 Å². The minimum Gasteiger partial charge on any atom is -0.497 e. The number of rotatable bonds is 4. The van der Waals surface area contributed by atoms with Gasteiger partial charge in [-0.3, -0.25) is 0 Å². The van der Waals surface area contributed by atoms with Crippen molar-refractivity contribution in [1.29, 1.82) is 0 Å². The fourth-order valence-corrected chi connectivity index (χ4v) is 2.98. The van der Waals surface area contributed by atoms with Gasteiger partial charge in [0.05, 0.1) is 7.11 Å². The van der Waals surface area contributed by atoms with Crippen molar-refractivity contribution in [2.75, 3.05) is 7.11 Å². The molecule has 0 radical (unpaired) electrons. The van der Waals surface area contributed by atoms with Gasteiger partial charge in [0.1, 0.15) is 10.8 Å². The van der Waals surface area contributed by atoms with Gasteiger partial charge in [0.15, 0.2) is 4.34 Å². The lowest BCUT2D eigenvalue weighted by molar-refractivity contribution is 0.414. The van der Waals surface area contributed by atoms with Crippen LogP contribution >= 0.6 is 23.1 Å². The molecule has 0 saturated carbocycles. The van der Waals surface area contributed by atoms with Crippen LogP contribution in [0.15, 0.2) is 28.6 Å². The predicted octanol–water partition coefficient (Wildman–Crippen LogP) is 3.15. The fourth-order valence-electron chi connectivity index (χ4n) is 1.20. The Labute approximate surface area is 103 Å². The summed E-state index contributed by atoms with van der Waals surface area (Å²) >= 11 is 3.34. The molecule has 2 rings (SSSR count). The van der Waals surface area contributed by atoms with Gasteiger partial charge in [-0.1, -0.05) is 35.2 Å². The topological polar surface area (TPSA) is 35.0 Å². The third-order valence-electron chi connectivity index (χ3n) is 2.03. The molecule has 0 unspecified atom stereocenters. The zero-order valence-electron chi connectivity index (χ0n) is 9.14. The summed E-state index contributed by atoms with van der Waals surface area (Å²) in [4.78, 5) is 0. The first-order chi connectivity index (χ1) is 7.78. The van der Waals surface area contributed by atoms with E-state index in [4.69, 9.17) is 4.74 Å². The number of thioether (sulfide) groups is 1. The molecule has 0 N–H and O–H groups in total. The van der Waals surface area contributed by atoms with Crippen molar-refractivity contribution in [3.8, 4) is 5.75 Å². The number of aryl methyl sites for hydroxylation is 1. The lowest BCUT2D eigenvalue weighted by Gasteiger charge is -2.01. The van der Waals surface area contributed by atoms with Crippen molar-refractivity contribution in [2.24, 2.45) is 0 Å². The van der Waals surface area contributed by atoms with Crippen LogP contribution in [0.2, 0.25) is 0 Å². The molecule has 2 aromatic rings. The maximum Gasteiger partial charge on any atom is 0.174 e. The molecular formula is C11H12N2OS2. The van der Waals surface area contributed by atoms with E-state index in [2.05, 4.69) is 22.3 Å². The minimum absolute atomic E-state index is 0.889. The second kappa shape index (κ2) is 5.32. The lowest BCUT2D eigenvalue weighted by atomic mass is 10.2. The lowest BCUT2D eigenvalue weighted by Crippen LogP contribution is -1.84. The summed E-state index contributed by atoms with van der Waals surface area (Å²) in [6.07, 6.45) is 0. The first kappa shape index (κ1) is 11.4. The van der Waals surface area contributed by atoms with Crippen molar-refractivity contribution in [3.63, 3.8) is 0 Å². The molecule has 3 nitrogen and oxygen atoms in total. The Morgan fingerprint density at radius 3 is 2.56 bits per heavy atom. The van der Waals surface area contributed by atoms with Gasteiger partial charge in [-0.05, 0) is 24.6 Å². The van der Waals surface area contributed by atoms with Crippen LogP contribution in [0, 0.1) is 6.92 Å². The smallest absolute Gasteiger partial charge is 0.174 e. The van der Waals surface area contributed by atoms with E-state index in [0.717, 1.165) is 20.8 Å². The van der Waals surface area contributed by atoms with Crippen molar-refractivity contribution in [1.82, 2.24) is 10.2 Å². The van der Waals surface area contributed by atoms with Gasteiger partial charge >= 0.3 is 0 Å². The molecule has 0 spiro atoms. The molecule has 1 aromatic heterocycles. The summed E-state index contributed by atoms with van der Waals surface area (Å²) in [6.45, 7) is 1.97. The number of nitrogens with zero attached hydrogens (tertiary/aromatic N) is 2. The third kappa shape index (κ3) is 2.96. The molecule has 0 saturated heterocycles. The van der Waals surface area contributed by atoms with Gasteiger partial charge in [-0.2, -0.15) is 0 Å².